The molecular formula is C33H64NO6. The van der Waals surface area contributed by atoms with E-state index in [1.54, 1.807) is 0 Å². The second-order valence-corrected chi connectivity index (χ2v) is 11.0. The zero-order valence-electron chi connectivity index (χ0n) is 26.7. The predicted octanol–water partition coefficient (Wildman–Crippen LogP) is 7.90. The summed E-state index contributed by atoms with van der Waals surface area (Å²) >= 11 is 0. The minimum Gasteiger partial charge on any atom is -0.465 e. The van der Waals surface area contributed by atoms with Crippen molar-refractivity contribution in [1.29, 1.82) is 0 Å². The lowest BCUT2D eigenvalue weighted by Gasteiger charge is -2.19. The van der Waals surface area contributed by atoms with E-state index in [-0.39, 0.29) is 43.8 Å². The normalized spacial score (nSPS) is 12.3. The molecule has 0 fully saturated rings. The highest BCUT2D eigenvalue weighted by atomic mass is 16.7. The molecule has 0 amide bonds. The standard InChI is InChI=1S/C33H64NO6/c1-6-10-12-14-16-20-26-37-33(38-27-21-17-15-13-11-7-2)24-23-32(36)40-29-30(5)28-39-31(35)22-18-19-25-34(8-3)9-4/h30,33H,5-29H2,1-4H3. The van der Waals surface area contributed by atoms with Crippen LogP contribution in [0.2, 0.25) is 0 Å². The van der Waals surface area contributed by atoms with E-state index in [2.05, 4.69) is 39.5 Å². The molecule has 1 radical (unpaired) electrons. The monoisotopic (exact) mass is 570 g/mol. The molecule has 40 heavy (non-hydrogen) atoms. The third kappa shape index (κ3) is 25.8. The first-order chi connectivity index (χ1) is 19.5. The van der Waals surface area contributed by atoms with Crippen molar-refractivity contribution in [3.8, 4) is 0 Å². The van der Waals surface area contributed by atoms with Gasteiger partial charge in [-0.3, -0.25) is 9.59 Å². The molecule has 0 aromatic carbocycles. The summed E-state index contributed by atoms with van der Waals surface area (Å²) in [5.74, 6) is -0.799. The number of ether oxygens (including phenoxy) is 4. The first-order valence-corrected chi connectivity index (χ1v) is 16.6. The summed E-state index contributed by atoms with van der Waals surface area (Å²) < 4.78 is 22.7. The fourth-order valence-electron chi connectivity index (χ4n) is 4.40. The maximum absolute atomic E-state index is 12.3. The van der Waals surface area contributed by atoms with Gasteiger partial charge in [0.15, 0.2) is 6.29 Å². The molecule has 0 saturated heterocycles. The third-order valence-corrected chi connectivity index (χ3v) is 7.15. The van der Waals surface area contributed by atoms with Crippen LogP contribution in [0.25, 0.3) is 0 Å². The van der Waals surface area contributed by atoms with E-state index < -0.39 is 0 Å². The fraction of sp³-hybridized carbons (Fsp3) is 0.909. The first-order valence-electron chi connectivity index (χ1n) is 16.6. The number of nitrogens with zero attached hydrogens (tertiary/aromatic N) is 1. The van der Waals surface area contributed by atoms with Gasteiger partial charge in [0.05, 0.1) is 19.6 Å². The van der Waals surface area contributed by atoms with Crippen molar-refractivity contribution in [2.75, 3.05) is 46.1 Å². The van der Waals surface area contributed by atoms with Crippen LogP contribution in [0.5, 0.6) is 0 Å². The SMILES string of the molecule is [CH2]C(COC(=O)CCCCN(CC)CC)COC(=O)CCC(OCCCCCCCC)OCCCCCCCC. The first kappa shape index (κ1) is 38.8. The Bertz CT molecular complexity index is 551. The number of unbranched alkanes of at least 4 members (excludes halogenated alkanes) is 11. The Hall–Kier alpha value is -1.18. The molecule has 0 aliphatic carbocycles. The Kier molecular flexibility index (Phi) is 28.5. The molecule has 7 heteroatoms. The largest absolute Gasteiger partial charge is 0.465 e. The van der Waals surface area contributed by atoms with Crippen LogP contribution >= 0.6 is 0 Å². The molecule has 0 aromatic heterocycles. The van der Waals surface area contributed by atoms with Gasteiger partial charge in [0, 0.05) is 32.0 Å². The minimum atomic E-state index is -0.378. The van der Waals surface area contributed by atoms with Crippen molar-refractivity contribution >= 4 is 11.9 Å². The Morgan fingerprint density at radius 3 is 1.60 bits per heavy atom. The highest BCUT2D eigenvalue weighted by molar-refractivity contribution is 5.69. The summed E-state index contributed by atoms with van der Waals surface area (Å²) in [6, 6.07) is 0. The van der Waals surface area contributed by atoms with Crippen LogP contribution in [-0.4, -0.2) is 69.2 Å². The highest BCUT2D eigenvalue weighted by Gasteiger charge is 2.15. The lowest BCUT2D eigenvalue weighted by atomic mass is 10.1. The molecule has 0 saturated carbocycles. The number of esters is 2. The maximum Gasteiger partial charge on any atom is 0.305 e. The van der Waals surface area contributed by atoms with Crippen LogP contribution in [-0.2, 0) is 28.5 Å². The van der Waals surface area contributed by atoms with Crippen molar-refractivity contribution < 1.29 is 28.5 Å². The van der Waals surface area contributed by atoms with Gasteiger partial charge in [-0.1, -0.05) is 91.9 Å². The average molecular weight is 571 g/mol. The number of rotatable bonds is 30. The molecule has 0 spiro atoms. The second kappa shape index (κ2) is 29.3. The summed E-state index contributed by atoms with van der Waals surface area (Å²) in [4.78, 5) is 26.7. The molecule has 0 heterocycles. The molecule has 0 aliphatic rings. The van der Waals surface area contributed by atoms with Crippen LogP contribution in [0.1, 0.15) is 137 Å². The quantitative estimate of drug-likeness (QED) is 0.0494. The Labute approximate surface area is 247 Å². The summed E-state index contributed by atoms with van der Waals surface area (Å²) in [6.45, 7) is 17.4. The van der Waals surface area contributed by atoms with E-state index in [0.717, 1.165) is 58.2 Å². The van der Waals surface area contributed by atoms with Gasteiger partial charge in [-0.25, -0.2) is 0 Å². The van der Waals surface area contributed by atoms with Crippen LogP contribution < -0.4 is 0 Å². The van der Waals surface area contributed by atoms with Crippen LogP contribution in [0.4, 0.5) is 0 Å². The summed E-state index contributed by atoms with van der Waals surface area (Å²) in [7, 11) is 0. The van der Waals surface area contributed by atoms with Crippen molar-refractivity contribution in [2.45, 2.75) is 143 Å². The van der Waals surface area contributed by atoms with Crippen molar-refractivity contribution in [2.24, 2.45) is 5.92 Å². The molecule has 237 valence electrons. The van der Waals surface area contributed by atoms with E-state index in [1.807, 2.05) is 0 Å². The summed E-state index contributed by atoms with van der Waals surface area (Å²) in [5, 5.41) is 0. The summed E-state index contributed by atoms with van der Waals surface area (Å²) in [6.07, 6.45) is 17.0. The molecular weight excluding hydrogens is 506 g/mol. The van der Waals surface area contributed by atoms with E-state index in [1.165, 1.54) is 51.4 Å². The van der Waals surface area contributed by atoms with Gasteiger partial charge in [-0.15, -0.1) is 0 Å². The van der Waals surface area contributed by atoms with Crippen molar-refractivity contribution in [1.82, 2.24) is 4.90 Å². The van der Waals surface area contributed by atoms with Crippen LogP contribution in [0.15, 0.2) is 0 Å². The van der Waals surface area contributed by atoms with Gasteiger partial charge in [0.1, 0.15) is 0 Å². The predicted molar refractivity (Wildman–Crippen MR) is 164 cm³/mol. The van der Waals surface area contributed by atoms with E-state index in [4.69, 9.17) is 18.9 Å². The van der Waals surface area contributed by atoms with E-state index in [0.29, 0.717) is 26.1 Å². The Morgan fingerprint density at radius 1 is 0.625 bits per heavy atom. The van der Waals surface area contributed by atoms with Crippen molar-refractivity contribution in [3.05, 3.63) is 6.92 Å². The fourth-order valence-corrected chi connectivity index (χ4v) is 4.40. The highest BCUT2D eigenvalue weighted by Crippen LogP contribution is 2.12. The van der Waals surface area contributed by atoms with Gasteiger partial charge in [0.25, 0.3) is 0 Å². The topological polar surface area (TPSA) is 74.3 Å². The van der Waals surface area contributed by atoms with Crippen LogP contribution in [0.3, 0.4) is 0 Å². The molecule has 1 atom stereocenters. The number of carbonyl (C=O) groups excluding carboxylic acids is 2. The third-order valence-electron chi connectivity index (χ3n) is 7.15. The lowest BCUT2D eigenvalue weighted by Crippen LogP contribution is -2.24. The van der Waals surface area contributed by atoms with Gasteiger partial charge in [-0.2, -0.15) is 0 Å². The molecule has 0 N–H and O–H groups in total. The Morgan fingerprint density at radius 2 is 1.10 bits per heavy atom. The van der Waals surface area contributed by atoms with Gasteiger partial charge in [0.2, 0.25) is 0 Å². The number of carbonyl (C=O) groups is 2. The molecule has 0 rings (SSSR count). The molecule has 1 unspecified atom stereocenters. The minimum absolute atomic E-state index is 0.135. The second-order valence-electron chi connectivity index (χ2n) is 11.0. The molecule has 0 bridgehead atoms. The zero-order chi connectivity index (χ0) is 29.7. The van der Waals surface area contributed by atoms with Crippen LogP contribution in [0, 0.1) is 12.8 Å². The Balaban J connectivity index is 4.17. The average Bonchev–Trinajstić information content (AvgIpc) is 2.96. The number of hydrogen-bond donors (Lipinski definition) is 0. The van der Waals surface area contributed by atoms with Gasteiger partial charge in [-0.05, 0) is 52.2 Å². The van der Waals surface area contributed by atoms with Gasteiger partial charge >= 0.3 is 11.9 Å². The maximum atomic E-state index is 12.3. The van der Waals surface area contributed by atoms with Gasteiger partial charge < -0.3 is 23.8 Å². The number of hydrogen-bond acceptors (Lipinski definition) is 7. The molecule has 0 aliphatic heterocycles. The summed E-state index contributed by atoms with van der Waals surface area (Å²) in [5.41, 5.74) is 0. The smallest absolute Gasteiger partial charge is 0.305 e. The van der Waals surface area contributed by atoms with E-state index >= 15 is 0 Å². The molecule has 7 nitrogen and oxygen atoms in total. The molecule has 0 aromatic rings. The zero-order valence-corrected chi connectivity index (χ0v) is 26.7. The lowest BCUT2D eigenvalue weighted by molar-refractivity contribution is -0.160. The van der Waals surface area contributed by atoms with Crippen molar-refractivity contribution in [3.63, 3.8) is 0 Å². The van der Waals surface area contributed by atoms with E-state index in [9.17, 15) is 9.59 Å².